The number of pyridine rings is 1. The fourth-order valence-electron chi connectivity index (χ4n) is 5.44. The molecule has 0 amide bonds. The van der Waals surface area contributed by atoms with Gasteiger partial charge in [-0.05, 0) is 80.2 Å². The van der Waals surface area contributed by atoms with Crippen LogP contribution in [0.5, 0.6) is 5.75 Å². The van der Waals surface area contributed by atoms with E-state index in [4.69, 9.17) is 21.7 Å². The highest BCUT2D eigenvalue weighted by Gasteiger charge is 2.42. The molecule has 42 heavy (non-hydrogen) atoms. The van der Waals surface area contributed by atoms with Gasteiger partial charge in [0.2, 0.25) is 10.0 Å². The lowest BCUT2D eigenvalue weighted by molar-refractivity contribution is 0.0600. The minimum Gasteiger partial charge on any atom is -0.494 e. The zero-order chi connectivity index (χ0) is 30.2. The second-order valence-corrected chi connectivity index (χ2v) is 12.1. The Labute approximate surface area is 250 Å². The molecule has 0 bridgehead atoms. The summed E-state index contributed by atoms with van der Waals surface area (Å²) < 4.78 is 38.9. The number of hydrogen-bond acceptors (Lipinski definition) is 7. The first-order valence-corrected chi connectivity index (χ1v) is 15.4. The van der Waals surface area contributed by atoms with Gasteiger partial charge in [0.25, 0.3) is 0 Å². The van der Waals surface area contributed by atoms with E-state index in [1.54, 1.807) is 36.5 Å². The Morgan fingerprint density at radius 3 is 2.48 bits per heavy atom. The van der Waals surface area contributed by atoms with Crippen LogP contribution in [-0.2, 0) is 14.8 Å². The lowest BCUT2D eigenvalue weighted by atomic mass is 9.96. The number of rotatable bonds is 8. The van der Waals surface area contributed by atoms with Crippen LogP contribution >= 0.6 is 12.2 Å². The lowest BCUT2D eigenvalue weighted by Crippen LogP contribution is -2.29. The monoisotopic (exact) mass is 605 g/mol. The van der Waals surface area contributed by atoms with Gasteiger partial charge in [0.05, 0.1) is 49.5 Å². The molecule has 1 aliphatic heterocycles. The largest absolute Gasteiger partial charge is 0.494 e. The molecule has 0 aliphatic carbocycles. The number of carbonyl (C=O) groups excluding carboxylic acids is 1. The molecule has 12 heteroatoms. The molecule has 218 valence electrons. The van der Waals surface area contributed by atoms with E-state index in [2.05, 4.69) is 25.7 Å². The predicted molar refractivity (Wildman–Crippen MR) is 166 cm³/mol. The van der Waals surface area contributed by atoms with Crippen molar-refractivity contribution in [1.82, 2.24) is 14.9 Å². The quantitative estimate of drug-likeness (QED) is 0.215. The highest BCUT2D eigenvalue weighted by Crippen LogP contribution is 2.45. The zero-order valence-corrected chi connectivity index (χ0v) is 25.4. The molecule has 2 aromatic carbocycles. The maximum atomic E-state index is 12.3. The number of aromatic nitrogens is 2. The Hall–Kier alpha value is -4.42. The molecule has 2 atom stereocenters. The summed E-state index contributed by atoms with van der Waals surface area (Å²) in [6.07, 6.45) is 2.83. The molecule has 10 nitrogen and oxygen atoms in total. The lowest BCUT2D eigenvalue weighted by Gasteiger charge is -2.29. The molecular weight excluding hydrogens is 574 g/mol. The minimum absolute atomic E-state index is 0.297. The summed E-state index contributed by atoms with van der Waals surface area (Å²) in [6.45, 7) is 4.04. The van der Waals surface area contributed by atoms with Gasteiger partial charge in [0.1, 0.15) is 5.75 Å². The second-order valence-electron chi connectivity index (χ2n) is 9.96. The fraction of sp³-hybridized carbons (Fsp3) is 0.233. The molecule has 5 rings (SSSR count). The van der Waals surface area contributed by atoms with Gasteiger partial charge in [-0.2, -0.15) is 0 Å². The van der Waals surface area contributed by atoms with E-state index < -0.39 is 16.0 Å². The third-order valence-corrected chi connectivity index (χ3v) is 8.08. The van der Waals surface area contributed by atoms with Crippen LogP contribution in [0.3, 0.4) is 0 Å². The first-order chi connectivity index (χ1) is 20.0. The van der Waals surface area contributed by atoms with Crippen molar-refractivity contribution in [2.75, 3.05) is 30.1 Å². The van der Waals surface area contributed by atoms with Crippen LogP contribution < -0.4 is 19.7 Å². The highest BCUT2D eigenvalue weighted by molar-refractivity contribution is 7.92. The van der Waals surface area contributed by atoms with Crippen LogP contribution in [0.2, 0.25) is 0 Å². The molecule has 1 saturated heterocycles. The number of benzene rings is 2. The van der Waals surface area contributed by atoms with Crippen molar-refractivity contribution in [3.8, 4) is 11.4 Å². The van der Waals surface area contributed by atoms with Crippen LogP contribution in [0, 0.1) is 13.8 Å². The summed E-state index contributed by atoms with van der Waals surface area (Å²) in [4.78, 5) is 18.9. The number of anilines is 2. The topological polar surface area (TPSA) is 115 Å². The third kappa shape index (κ3) is 5.55. The van der Waals surface area contributed by atoms with E-state index in [0.717, 1.165) is 34.6 Å². The van der Waals surface area contributed by atoms with Gasteiger partial charge in [0, 0.05) is 35.0 Å². The molecule has 4 aromatic rings. The molecule has 2 aromatic heterocycles. The number of nitrogens with one attached hydrogen (secondary N) is 2. The van der Waals surface area contributed by atoms with E-state index in [1.165, 1.54) is 14.2 Å². The van der Waals surface area contributed by atoms with Crippen LogP contribution in [0.4, 0.5) is 11.4 Å². The van der Waals surface area contributed by atoms with Crippen molar-refractivity contribution in [1.29, 1.82) is 0 Å². The number of methoxy groups -OCH3 is 2. The fourth-order valence-corrected chi connectivity index (χ4v) is 6.35. The van der Waals surface area contributed by atoms with Crippen molar-refractivity contribution in [3.05, 3.63) is 101 Å². The van der Waals surface area contributed by atoms with Gasteiger partial charge in [-0.3, -0.25) is 9.71 Å². The summed E-state index contributed by atoms with van der Waals surface area (Å²) >= 11 is 5.89. The molecule has 1 fully saturated rings. The first-order valence-electron chi connectivity index (χ1n) is 13.1. The Morgan fingerprint density at radius 2 is 1.81 bits per heavy atom. The molecular formula is C30H31N5O5S2. The van der Waals surface area contributed by atoms with Crippen molar-refractivity contribution in [2.45, 2.75) is 25.9 Å². The summed E-state index contributed by atoms with van der Waals surface area (Å²) in [5, 5.41) is 3.94. The van der Waals surface area contributed by atoms with E-state index >= 15 is 0 Å². The summed E-state index contributed by atoms with van der Waals surface area (Å²) in [5.74, 6) is -0.0557. The van der Waals surface area contributed by atoms with E-state index in [1.807, 2.05) is 49.1 Å². The van der Waals surface area contributed by atoms with Crippen LogP contribution in [0.1, 0.15) is 45.1 Å². The number of thiocarbonyl (C=S) groups is 1. The molecule has 3 heterocycles. The number of aryl methyl sites for hydroxylation is 1. The van der Waals surface area contributed by atoms with Crippen LogP contribution in [-0.4, -0.2) is 49.5 Å². The Morgan fingerprint density at radius 1 is 1.02 bits per heavy atom. The number of ether oxygens (including phenoxy) is 2. The molecule has 0 spiro atoms. The number of nitrogens with zero attached hydrogens (tertiary/aromatic N) is 3. The average Bonchev–Trinajstić information content (AvgIpc) is 3.47. The predicted octanol–water partition coefficient (Wildman–Crippen LogP) is 4.83. The van der Waals surface area contributed by atoms with Crippen molar-refractivity contribution < 1.29 is 22.7 Å². The normalized spacial score (nSPS) is 16.7. The van der Waals surface area contributed by atoms with Gasteiger partial charge in [-0.15, -0.1) is 0 Å². The van der Waals surface area contributed by atoms with Gasteiger partial charge in [-0.1, -0.05) is 12.1 Å². The van der Waals surface area contributed by atoms with E-state index in [9.17, 15) is 13.2 Å². The average molecular weight is 606 g/mol. The van der Waals surface area contributed by atoms with Gasteiger partial charge < -0.3 is 24.3 Å². The zero-order valence-electron chi connectivity index (χ0n) is 23.8. The SMILES string of the molecule is COC(=O)c1cccc(-n2c(C)cc([C@H]3[C@@H](c4ccccn4)NC(=S)N3c3ccc(NS(C)(=O)=O)c(OC)c3)c2C)c1. The van der Waals surface area contributed by atoms with Gasteiger partial charge >= 0.3 is 5.97 Å². The summed E-state index contributed by atoms with van der Waals surface area (Å²) in [6, 6.07) is 19.8. The summed E-state index contributed by atoms with van der Waals surface area (Å²) in [5.41, 5.74) is 6.05. The number of hydrogen-bond donors (Lipinski definition) is 2. The maximum absolute atomic E-state index is 12.3. The van der Waals surface area contributed by atoms with Crippen molar-refractivity contribution in [3.63, 3.8) is 0 Å². The molecule has 1 aliphatic rings. The standard InChI is InChI=1S/C30H31N5O5S2/c1-18-15-23(19(2)34(18)21-10-8-9-20(16-21)29(36)40-4)28-27(25-11-6-7-14-31-25)32-30(41)35(28)22-12-13-24(26(17-22)39-3)33-42(5,37)38/h6-17,27-28,33H,1-5H3,(H,32,41)/t27-,28+/m1/s1. The van der Waals surface area contributed by atoms with Crippen LogP contribution in [0.15, 0.2) is 72.9 Å². The highest BCUT2D eigenvalue weighted by atomic mass is 32.2. The van der Waals surface area contributed by atoms with Crippen molar-refractivity contribution in [2.24, 2.45) is 0 Å². The van der Waals surface area contributed by atoms with E-state index in [0.29, 0.717) is 27.8 Å². The van der Waals surface area contributed by atoms with Crippen molar-refractivity contribution >= 4 is 44.7 Å². The number of sulfonamides is 1. The minimum atomic E-state index is -3.52. The Kier molecular flexibility index (Phi) is 7.93. The Balaban J connectivity index is 1.66. The first kappa shape index (κ1) is 29.1. The van der Waals surface area contributed by atoms with Crippen LogP contribution in [0.25, 0.3) is 5.69 Å². The van der Waals surface area contributed by atoms with Gasteiger partial charge in [0.15, 0.2) is 5.11 Å². The number of carbonyl (C=O) groups is 1. The molecule has 0 unspecified atom stereocenters. The molecule has 2 N–H and O–H groups in total. The number of esters is 1. The maximum Gasteiger partial charge on any atom is 0.337 e. The smallest absolute Gasteiger partial charge is 0.337 e. The Bertz CT molecular complexity index is 1770. The summed E-state index contributed by atoms with van der Waals surface area (Å²) in [7, 11) is -0.672. The molecule has 0 saturated carbocycles. The van der Waals surface area contributed by atoms with Gasteiger partial charge in [-0.25, -0.2) is 13.2 Å². The van der Waals surface area contributed by atoms with E-state index in [-0.39, 0.29) is 12.1 Å². The second kappa shape index (κ2) is 11.5. The third-order valence-electron chi connectivity index (χ3n) is 7.17. The molecule has 0 radical (unpaired) electrons.